The Hall–Kier alpha value is -3.24. The van der Waals surface area contributed by atoms with Crippen molar-refractivity contribution >= 4 is 40.3 Å². The molecule has 3 N–H and O–H groups in total. The summed E-state index contributed by atoms with van der Waals surface area (Å²) in [7, 11) is 0. The molecule has 0 bridgehead atoms. The minimum absolute atomic E-state index is 0.0160. The molecule has 1 heterocycles. The number of aryl methyl sites for hydroxylation is 1. The van der Waals surface area contributed by atoms with Gasteiger partial charge in [-0.25, -0.2) is 0 Å². The van der Waals surface area contributed by atoms with Gasteiger partial charge in [-0.15, -0.1) is 0 Å². The SMILES string of the molecule is Cc1ccc(O)c(NC(=S)NC(=O)c2ccc(N3CCOCC3)c([N+](=O)[O-])c2)c1. The molecule has 0 saturated carbocycles. The molecule has 1 amide bonds. The van der Waals surface area contributed by atoms with Crippen molar-refractivity contribution in [3.63, 3.8) is 0 Å². The number of anilines is 2. The number of rotatable bonds is 4. The third-order valence-electron chi connectivity index (χ3n) is 4.41. The van der Waals surface area contributed by atoms with Gasteiger partial charge in [-0.2, -0.15) is 0 Å². The Balaban J connectivity index is 1.74. The number of nitrogens with one attached hydrogen (secondary N) is 2. The first-order valence-corrected chi connectivity index (χ1v) is 9.29. The first-order valence-electron chi connectivity index (χ1n) is 8.88. The number of phenols is 1. The molecule has 0 radical (unpaired) electrons. The average molecular weight is 416 g/mol. The van der Waals surface area contributed by atoms with Gasteiger partial charge in [0, 0.05) is 24.7 Å². The quantitative estimate of drug-likeness (QED) is 0.301. The van der Waals surface area contributed by atoms with Crippen molar-refractivity contribution in [2.75, 3.05) is 36.5 Å². The average Bonchev–Trinajstić information content (AvgIpc) is 2.70. The van der Waals surface area contributed by atoms with E-state index in [1.807, 2.05) is 11.8 Å². The van der Waals surface area contributed by atoms with Gasteiger partial charge in [0.2, 0.25) is 0 Å². The summed E-state index contributed by atoms with van der Waals surface area (Å²) in [5.74, 6) is -0.607. The largest absolute Gasteiger partial charge is 0.506 e. The Kier molecular flexibility index (Phi) is 6.25. The van der Waals surface area contributed by atoms with E-state index in [2.05, 4.69) is 10.6 Å². The summed E-state index contributed by atoms with van der Waals surface area (Å²) in [6.07, 6.45) is 0. The van der Waals surface area contributed by atoms with Crippen LogP contribution in [0.4, 0.5) is 17.1 Å². The fraction of sp³-hybridized carbons (Fsp3) is 0.263. The zero-order chi connectivity index (χ0) is 21.0. The molecular weight excluding hydrogens is 396 g/mol. The van der Waals surface area contributed by atoms with E-state index in [-0.39, 0.29) is 22.1 Å². The van der Waals surface area contributed by atoms with Gasteiger partial charge in [-0.3, -0.25) is 20.2 Å². The molecular formula is C19H20N4O5S. The number of nitro groups is 1. The summed E-state index contributed by atoms with van der Waals surface area (Å²) < 4.78 is 5.28. The number of benzene rings is 2. The Morgan fingerprint density at radius 1 is 1.24 bits per heavy atom. The number of nitro benzene ring substituents is 1. The van der Waals surface area contributed by atoms with Crippen molar-refractivity contribution in [1.29, 1.82) is 0 Å². The molecule has 3 rings (SSSR count). The standard InChI is InChI=1S/C19H20N4O5S/c1-12-2-5-17(24)14(10-12)20-19(29)21-18(25)13-3-4-15(16(11-13)23(26)27)22-6-8-28-9-7-22/h2-5,10-11,24H,6-9H2,1H3,(H2,20,21,25,29). The zero-order valence-corrected chi connectivity index (χ0v) is 16.5. The van der Waals surface area contributed by atoms with Crippen LogP contribution in [0.1, 0.15) is 15.9 Å². The van der Waals surface area contributed by atoms with Gasteiger partial charge < -0.3 is 20.1 Å². The molecule has 1 fully saturated rings. The molecule has 10 heteroatoms. The second kappa shape index (κ2) is 8.84. The number of hydrogen-bond acceptors (Lipinski definition) is 7. The molecule has 9 nitrogen and oxygen atoms in total. The second-order valence-corrected chi connectivity index (χ2v) is 6.90. The highest BCUT2D eigenvalue weighted by Gasteiger charge is 2.23. The third-order valence-corrected chi connectivity index (χ3v) is 4.62. The molecule has 0 aromatic heterocycles. The molecule has 0 aliphatic carbocycles. The van der Waals surface area contributed by atoms with Crippen LogP contribution in [0.5, 0.6) is 5.75 Å². The van der Waals surface area contributed by atoms with Crippen molar-refractivity contribution in [3.8, 4) is 5.75 Å². The van der Waals surface area contributed by atoms with Crippen molar-refractivity contribution in [2.24, 2.45) is 0 Å². The maximum atomic E-state index is 12.5. The topological polar surface area (TPSA) is 117 Å². The van der Waals surface area contributed by atoms with Crippen LogP contribution in [0.2, 0.25) is 0 Å². The lowest BCUT2D eigenvalue weighted by molar-refractivity contribution is -0.384. The molecule has 2 aromatic carbocycles. The van der Waals surface area contributed by atoms with E-state index in [4.69, 9.17) is 17.0 Å². The summed E-state index contributed by atoms with van der Waals surface area (Å²) in [4.78, 5) is 25.4. The summed E-state index contributed by atoms with van der Waals surface area (Å²) in [6.45, 7) is 3.92. The lowest BCUT2D eigenvalue weighted by Gasteiger charge is -2.28. The molecule has 29 heavy (non-hydrogen) atoms. The first-order chi connectivity index (χ1) is 13.8. The maximum absolute atomic E-state index is 12.5. The fourth-order valence-corrected chi connectivity index (χ4v) is 3.16. The summed E-state index contributed by atoms with van der Waals surface area (Å²) in [5, 5.41) is 26.6. The number of nitrogens with zero attached hydrogens (tertiary/aromatic N) is 2. The molecule has 0 atom stereocenters. The van der Waals surface area contributed by atoms with E-state index in [9.17, 15) is 20.0 Å². The highest BCUT2D eigenvalue weighted by molar-refractivity contribution is 7.80. The number of ether oxygens (including phenoxy) is 1. The molecule has 0 unspecified atom stereocenters. The van der Waals surface area contributed by atoms with Crippen molar-refractivity contribution < 1.29 is 19.6 Å². The van der Waals surface area contributed by atoms with Gasteiger partial charge in [0.1, 0.15) is 11.4 Å². The van der Waals surface area contributed by atoms with E-state index in [0.717, 1.165) is 5.56 Å². The fourth-order valence-electron chi connectivity index (χ4n) is 2.96. The summed E-state index contributed by atoms with van der Waals surface area (Å²) in [6, 6.07) is 9.22. The molecule has 152 valence electrons. The van der Waals surface area contributed by atoms with Crippen LogP contribution in [-0.2, 0) is 4.74 Å². The van der Waals surface area contributed by atoms with Crippen LogP contribution in [0, 0.1) is 17.0 Å². The van der Waals surface area contributed by atoms with Crippen LogP contribution >= 0.6 is 12.2 Å². The normalized spacial score (nSPS) is 13.6. The number of amides is 1. The van der Waals surface area contributed by atoms with Crippen molar-refractivity contribution in [1.82, 2.24) is 5.32 Å². The lowest BCUT2D eigenvalue weighted by Crippen LogP contribution is -2.37. The Bertz CT molecular complexity index is 960. The molecule has 1 saturated heterocycles. The van der Waals surface area contributed by atoms with Crippen molar-refractivity contribution in [2.45, 2.75) is 6.92 Å². The van der Waals surface area contributed by atoms with Crippen molar-refractivity contribution in [3.05, 3.63) is 57.6 Å². The maximum Gasteiger partial charge on any atom is 0.293 e. The lowest BCUT2D eigenvalue weighted by atomic mass is 10.1. The third kappa shape index (κ3) is 4.98. The predicted octanol–water partition coefficient (Wildman–Crippen LogP) is 2.57. The number of aromatic hydroxyl groups is 1. The van der Waals surface area contributed by atoms with E-state index in [1.54, 1.807) is 18.2 Å². The Morgan fingerprint density at radius 2 is 1.97 bits per heavy atom. The zero-order valence-electron chi connectivity index (χ0n) is 15.7. The van der Waals surface area contributed by atoms with Gasteiger partial charge in [0.05, 0.1) is 23.8 Å². The minimum atomic E-state index is -0.591. The van der Waals surface area contributed by atoms with Crippen LogP contribution in [0.15, 0.2) is 36.4 Å². The summed E-state index contributed by atoms with van der Waals surface area (Å²) >= 11 is 5.12. The van der Waals surface area contributed by atoms with Gasteiger partial charge in [-0.1, -0.05) is 6.07 Å². The van der Waals surface area contributed by atoms with E-state index in [1.165, 1.54) is 18.2 Å². The van der Waals surface area contributed by atoms with Crippen LogP contribution in [0.25, 0.3) is 0 Å². The number of phenolic OH excluding ortho intramolecular Hbond substituents is 1. The smallest absolute Gasteiger partial charge is 0.293 e. The van der Waals surface area contributed by atoms with E-state index in [0.29, 0.717) is 37.7 Å². The van der Waals surface area contributed by atoms with E-state index < -0.39 is 10.8 Å². The van der Waals surface area contributed by atoms with Gasteiger partial charge in [0.25, 0.3) is 11.6 Å². The van der Waals surface area contributed by atoms with Gasteiger partial charge >= 0.3 is 0 Å². The summed E-state index contributed by atoms with van der Waals surface area (Å²) in [5.41, 5.74) is 1.64. The molecule has 1 aliphatic heterocycles. The Morgan fingerprint density at radius 3 is 2.66 bits per heavy atom. The number of morpholine rings is 1. The number of carbonyl (C=O) groups is 1. The monoisotopic (exact) mass is 416 g/mol. The highest BCUT2D eigenvalue weighted by atomic mass is 32.1. The molecule has 0 spiro atoms. The minimum Gasteiger partial charge on any atom is -0.506 e. The van der Waals surface area contributed by atoms with Crippen LogP contribution in [-0.4, -0.2) is 47.4 Å². The first kappa shape index (κ1) is 20.5. The second-order valence-electron chi connectivity index (χ2n) is 6.49. The highest BCUT2D eigenvalue weighted by Crippen LogP contribution is 2.30. The van der Waals surface area contributed by atoms with Gasteiger partial charge in [-0.05, 0) is 49.0 Å². The number of carbonyl (C=O) groups excluding carboxylic acids is 1. The molecule has 2 aromatic rings. The Labute approximate surface area is 172 Å². The van der Waals surface area contributed by atoms with Crippen LogP contribution in [0.3, 0.4) is 0 Å². The van der Waals surface area contributed by atoms with Gasteiger partial charge in [0.15, 0.2) is 5.11 Å². The molecule has 1 aliphatic rings. The predicted molar refractivity (Wildman–Crippen MR) is 113 cm³/mol. The number of hydrogen-bond donors (Lipinski definition) is 3. The number of thiocarbonyl (C=S) groups is 1. The van der Waals surface area contributed by atoms with E-state index >= 15 is 0 Å². The van der Waals surface area contributed by atoms with Crippen LogP contribution < -0.4 is 15.5 Å².